The molecule has 108 valence electrons. The topological polar surface area (TPSA) is 26.5 Å². The summed E-state index contributed by atoms with van der Waals surface area (Å²) in [4.78, 5) is 4.41. The van der Waals surface area contributed by atoms with Gasteiger partial charge in [-0.3, -0.25) is 0 Å². The third kappa shape index (κ3) is 3.18. The smallest absolute Gasteiger partial charge is 0.406 e. The van der Waals surface area contributed by atoms with E-state index in [1.807, 2.05) is 22.7 Å². The molecule has 0 aliphatic heterocycles. The molecule has 0 N–H and O–H groups in total. The van der Waals surface area contributed by atoms with Crippen molar-refractivity contribution in [3.8, 4) is 17.0 Å². The molecule has 0 saturated carbocycles. The van der Waals surface area contributed by atoms with E-state index < -0.39 is 6.36 Å². The Bertz CT molecular complexity index is 781. The second kappa shape index (κ2) is 5.07. The maximum absolute atomic E-state index is 12.1. The molecule has 0 spiro atoms. The van der Waals surface area contributed by atoms with Crippen LogP contribution < -0.4 is 4.74 Å². The van der Waals surface area contributed by atoms with Crippen molar-refractivity contribution >= 4 is 21.6 Å². The molecular weight excluding hydrogens is 349 g/mol. The van der Waals surface area contributed by atoms with Crippen LogP contribution in [0.25, 0.3) is 16.9 Å². The molecule has 21 heavy (non-hydrogen) atoms. The average molecular weight is 357 g/mol. The molecule has 0 atom stereocenters. The quantitative estimate of drug-likeness (QED) is 0.667. The predicted octanol–water partition coefficient (Wildman–Crippen LogP) is 4.66. The van der Waals surface area contributed by atoms with Gasteiger partial charge in [0, 0.05) is 22.4 Å². The number of halogens is 4. The standard InChI is InChI=1S/C14H8BrF3N2O/c15-10-3-6-13-19-12(8-20(13)7-10)9-1-4-11(5-2-9)21-14(16,17)18/h1-8H. The summed E-state index contributed by atoms with van der Waals surface area (Å²) in [6.45, 7) is 0. The second-order valence-electron chi connectivity index (χ2n) is 4.31. The highest BCUT2D eigenvalue weighted by molar-refractivity contribution is 9.10. The van der Waals surface area contributed by atoms with Gasteiger partial charge in [-0.15, -0.1) is 13.2 Å². The highest BCUT2D eigenvalue weighted by Gasteiger charge is 2.30. The van der Waals surface area contributed by atoms with Crippen LogP contribution in [-0.2, 0) is 0 Å². The molecule has 0 aliphatic carbocycles. The minimum atomic E-state index is -4.68. The number of aromatic nitrogens is 2. The molecule has 0 radical (unpaired) electrons. The first kappa shape index (κ1) is 13.9. The third-order valence-electron chi connectivity index (χ3n) is 2.80. The number of hydrogen-bond acceptors (Lipinski definition) is 2. The number of alkyl halides is 3. The number of hydrogen-bond donors (Lipinski definition) is 0. The summed E-state index contributed by atoms with van der Waals surface area (Å²) < 4.78 is 42.9. The van der Waals surface area contributed by atoms with Crippen molar-refractivity contribution in [1.82, 2.24) is 9.38 Å². The fourth-order valence-corrected chi connectivity index (χ4v) is 2.28. The van der Waals surface area contributed by atoms with Gasteiger partial charge in [0.25, 0.3) is 0 Å². The van der Waals surface area contributed by atoms with Gasteiger partial charge in [-0.1, -0.05) is 0 Å². The van der Waals surface area contributed by atoms with Crippen LogP contribution >= 0.6 is 15.9 Å². The lowest BCUT2D eigenvalue weighted by atomic mass is 10.2. The molecule has 7 heteroatoms. The van der Waals surface area contributed by atoms with E-state index >= 15 is 0 Å². The Morgan fingerprint density at radius 2 is 1.71 bits per heavy atom. The van der Waals surface area contributed by atoms with Crippen LogP contribution in [0.2, 0.25) is 0 Å². The van der Waals surface area contributed by atoms with E-state index in [0.29, 0.717) is 11.3 Å². The Kier molecular flexibility index (Phi) is 3.36. The van der Waals surface area contributed by atoms with E-state index in [4.69, 9.17) is 0 Å². The molecule has 2 heterocycles. The van der Waals surface area contributed by atoms with Gasteiger partial charge in [-0.05, 0) is 52.3 Å². The largest absolute Gasteiger partial charge is 0.573 e. The number of fused-ring (bicyclic) bond motifs is 1. The van der Waals surface area contributed by atoms with Gasteiger partial charge in [-0.25, -0.2) is 4.98 Å². The molecule has 3 aromatic rings. The SMILES string of the molecule is FC(F)(F)Oc1ccc(-c2cn3cc(Br)ccc3n2)cc1. The van der Waals surface area contributed by atoms with Crippen LogP contribution in [0.3, 0.4) is 0 Å². The Hall–Kier alpha value is -2.02. The first-order valence-electron chi connectivity index (χ1n) is 5.91. The van der Waals surface area contributed by atoms with Crippen LogP contribution in [0.5, 0.6) is 5.75 Å². The van der Waals surface area contributed by atoms with Gasteiger partial charge in [-0.2, -0.15) is 0 Å². The normalized spacial score (nSPS) is 11.8. The molecule has 0 fully saturated rings. The maximum atomic E-state index is 12.1. The Morgan fingerprint density at radius 1 is 1.00 bits per heavy atom. The monoisotopic (exact) mass is 356 g/mol. The lowest BCUT2D eigenvalue weighted by Gasteiger charge is -2.08. The summed E-state index contributed by atoms with van der Waals surface area (Å²) in [6.07, 6.45) is -1.02. The number of ether oxygens (including phenoxy) is 1. The van der Waals surface area contributed by atoms with Crippen LogP contribution in [-0.4, -0.2) is 15.7 Å². The number of benzene rings is 1. The number of nitrogens with zero attached hydrogens (tertiary/aromatic N) is 2. The molecule has 0 aliphatic rings. The molecule has 3 nitrogen and oxygen atoms in total. The number of imidazole rings is 1. The molecular formula is C14H8BrF3N2O. The highest BCUT2D eigenvalue weighted by Crippen LogP contribution is 2.26. The summed E-state index contributed by atoms with van der Waals surface area (Å²) in [5.41, 5.74) is 2.14. The van der Waals surface area contributed by atoms with Crippen LogP contribution in [0.4, 0.5) is 13.2 Å². The van der Waals surface area contributed by atoms with Gasteiger partial charge in [0.05, 0.1) is 5.69 Å². The molecule has 3 rings (SSSR count). The fourth-order valence-electron chi connectivity index (χ4n) is 1.93. The summed E-state index contributed by atoms with van der Waals surface area (Å²) in [7, 11) is 0. The van der Waals surface area contributed by atoms with Crippen LogP contribution in [0, 0.1) is 0 Å². The molecule has 0 unspecified atom stereocenters. The van der Waals surface area contributed by atoms with E-state index in [1.165, 1.54) is 24.3 Å². The Labute approximate surface area is 126 Å². The van der Waals surface area contributed by atoms with E-state index in [9.17, 15) is 13.2 Å². The van der Waals surface area contributed by atoms with Crippen molar-refractivity contribution in [1.29, 1.82) is 0 Å². The zero-order valence-corrected chi connectivity index (χ0v) is 12.0. The zero-order chi connectivity index (χ0) is 15.0. The van der Waals surface area contributed by atoms with E-state index in [0.717, 1.165) is 10.1 Å². The van der Waals surface area contributed by atoms with E-state index in [1.54, 1.807) is 6.20 Å². The van der Waals surface area contributed by atoms with E-state index in [-0.39, 0.29) is 5.75 Å². The van der Waals surface area contributed by atoms with Crippen molar-refractivity contribution in [2.75, 3.05) is 0 Å². The van der Waals surface area contributed by atoms with Crippen molar-refractivity contribution < 1.29 is 17.9 Å². The van der Waals surface area contributed by atoms with Crippen molar-refractivity contribution in [3.63, 3.8) is 0 Å². The van der Waals surface area contributed by atoms with Crippen molar-refractivity contribution in [2.45, 2.75) is 6.36 Å². The molecule has 0 amide bonds. The zero-order valence-electron chi connectivity index (χ0n) is 10.4. The molecule has 0 saturated heterocycles. The fraction of sp³-hybridized carbons (Fsp3) is 0.0714. The van der Waals surface area contributed by atoms with Crippen molar-refractivity contribution in [3.05, 3.63) is 53.3 Å². The van der Waals surface area contributed by atoms with Gasteiger partial charge >= 0.3 is 6.36 Å². The Morgan fingerprint density at radius 3 is 2.38 bits per heavy atom. The molecule has 2 aromatic heterocycles. The van der Waals surface area contributed by atoms with Gasteiger partial charge in [0.2, 0.25) is 0 Å². The predicted molar refractivity (Wildman–Crippen MR) is 75.0 cm³/mol. The van der Waals surface area contributed by atoms with Gasteiger partial charge in [0.1, 0.15) is 11.4 Å². The van der Waals surface area contributed by atoms with Gasteiger partial charge in [0.15, 0.2) is 0 Å². The van der Waals surface area contributed by atoms with Crippen molar-refractivity contribution in [2.24, 2.45) is 0 Å². The van der Waals surface area contributed by atoms with Crippen LogP contribution in [0.1, 0.15) is 0 Å². The summed E-state index contributed by atoms with van der Waals surface area (Å²) in [5, 5.41) is 0. The minimum Gasteiger partial charge on any atom is -0.406 e. The molecule has 0 bridgehead atoms. The number of rotatable bonds is 2. The second-order valence-corrected chi connectivity index (χ2v) is 5.23. The first-order chi connectivity index (χ1) is 9.90. The minimum absolute atomic E-state index is 0.252. The summed E-state index contributed by atoms with van der Waals surface area (Å²) in [5.74, 6) is -0.252. The Balaban J connectivity index is 1.91. The first-order valence-corrected chi connectivity index (χ1v) is 6.70. The highest BCUT2D eigenvalue weighted by atomic mass is 79.9. The summed E-state index contributed by atoms with van der Waals surface area (Å²) in [6, 6.07) is 9.32. The lowest BCUT2D eigenvalue weighted by molar-refractivity contribution is -0.274. The maximum Gasteiger partial charge on any atom is 0.573 e. The van der Waals surface area contributed by atoms with E-state index in [2.05, 4.69) is 25.7 Å². The average Bonchev–Trinajstić information content (AvgIpc) is 2.80. The van der Waals surface area contributed by atoms with Gasteiger partial charge < -0.3 is 9.14 Å². The lowest BCUT2D eigenvalue weighted by Crippen LogP contribution is -2.16. The van der Waals surface area contributed by atoms with Crippen LogP contribution in [0.15, 0.2) is 53.3 Å². The third-order valence-corrected chi connectivity index (χ3v) is 3.27. The number of pyridine rings is 1. The molecule has 1 aromatic carbocycles. The summed E-state index contributed by atoms with van der Waals surface area (Å²) >= 11 is 3.36.